The first-order valence-electron chi connectivity index (χ1n) is 9.61. The van der Waals surface area contributed by atoms with E-state index in [1.165, 1.54) is 58.7 Å². The van der Waals surface area contributed by atoms with Crippen molar-refractivity contribution in [3.63, 3.8) is 0 Å². The Labute approximate surface area is 143 Å². The standard InChI is InChI=1S/C19H38N4/c1-18(2,3)22-11-9-21(10-12-22)8-7-19(4,5)23-14-16-13-17(15-23)20(16)6/h16-17H,7-15H2,1-6H3. The van der Waals surface area contributed by atoms with Crippen LogP contribution in [0.15, 0.2) is 0 Å². The van der Waals surface area contributed by atoms with Gasteiger partial charge in [-0.3, -0.25) is 14.7 Å². The van der Waals surface area contributed by atoms with Gasteiger partial charge >= 0.3 is 0 Å². The van der Waals surface area contributed by atoms with E-state index in [0.29, 0.717) is 11.1 Å². The van der Waals surface area contributed by atoms with E-state index in [9.17, 15) is 0 Å². The molecule has 23 heavy (non-hydrogen) atoms. The Morgan fingerprint density at radius 2 is 1.39 bits per heavy atom. The van der Waals surface area contributed by atoms with Crippen LogP contribution in [0.5, 0.6) is 0 Å². The molecule has 4 heteroatoms. The topological polar surface area (TPSA) is 13.0 Å². The van der Waals surface area contributed by atoms with Gasteiger partial charge in [-0.2, -0.15) is 0 Å². The molecule has 0 aromatic heterocycles. The second kappa shape index (κ2) is 6.29. The van der Waals surface area contributed by atoms with Crippen molar-refractivity contribution >= 4 is 0 Å². The summed E-state index contributed by atoms with van der Waals surface area (Å²) in [7, 11) is 2.30. The van der Waals surface area contributed by atoms with E-state index in [0.717, 1.165) is 12.1 Å². The zero-order valence-corrected chi connectivity index (χ0v) is 16.3. The summed E-state index contributed by atoms with van der Waals surface area (Å²) in [4.78, 5) is 10.7. The number of rotatable bonds is 4. The van der Waals surface area contributed by atoms with Crippen LogP contribution in [0.25, 0.3) is 0 Å². The third-order valence-corrected chi connectivity index (χ3v) is 6.78. The predicted molar refractivity (Wildman–Crippen MR) is 98.0 cm³/mol. The van der Waals surface area contributed by atoms with E-state index < -0.39 is 0 Å². The number of likely N-dealkylation sites (N-methyl/N-ethyl adjacent to an activating group) is 1. The Bertz CT molecular complexity index is 394. The summed E-state index contributed by atoms with van der Waals surface area (Å²) < 4.78 is 0. The van der Waals surface area contributed by atoms with Crippen LogP contribution < -0.4 is 0 Å². The van der Waals surface area contributed by atoms with Gasteiger partial charge in [0.15, 0.2) is 0 Å². The van der Waals surface area contributed by atoms with Crippen molar-refractivity contribution in [2.45, 2.75) is 70.6 Å². The highest BCUT2D eigenvalue weighted by molar-refractivity contribution is 5.02. The molecule has 0 radical (unpaired) electrons. The Morgan fingerprint density at radius 3 is 1.87 bits per heavy atom. The molecule has 0 aromatic rings. The first-order valence-corrected chi connectivity index (χ1v) is 9.61. The Balaban J connectivity index is 1.43. The number of nitrogens with zero attached hydrogens (tertiary/aromatic N) is 4. The van der Waals surface area contributed by atoms with Crippen molar-refractivity contribution in [1.82, 2.24) is 19.6 Å². The van der Waals surface area contributed by atoms with Gasteiger partial charge in [-0.05, 0) is 61.1 Å². The van der Waals surface area contributed by atoms with Crippen LogP contribution in [-0.2, 0) is 0 Å². The van der Waals surface area contributed by atoms with Crippen molar-refractivity contribution in [3.05, 3.63) is 0 Å². The minimum atomic E-state index is 0.326. The van der Waals surface area contributed by atoms with Gasteiger partial charge in [0, 0.05) is 62.4 Å². The molecule has 4 aliphatic heterocycles. The summed E-state index contributed by atoms with van der Waals surface area (Å²) in [5.74, 6) is 0. The van der Waals surface area contributed by atoms with Crippen LogP contribution in [0, 0.1) is 0 Å². The molecular weight excluding hydrogens is 284 g/mol. The minimum Gasteiger partial charge on any atom is -0.301 e. The highest BCUT2D eigenvalue weighted by Crippen LogP contribution is 2.35. The fraction of sp³-hybridized carbons (Fsp3) is 1.00. The maximum absolute atomic E-state index is 2.76. The molecule has 2 unspecified atom stereocenters. The van der Waals surface area contributed by atoms with Gasteiger partial charge in [-0.1, -0.05) is 0 Å². The lowest BCUT2D eigenvalue weighted by molar-refractivity contribution is -0.0869. The van der Waals surface area contributed by atoms with Crippen molar-refractivity contribution in [1.29, 1.82) is 0 Å². The fourth-order valence-electron chi connectivity index (χ4n) is 4.52. The lowest BCUT2D eigenvalue weighted by Gasteiger charge is -2.58. The van der Waals surface area contributed by atoms with Gasteiger partial charge in [0.2, 0.25) is 0 Å². The second-order valence-corrected chi connectivity index (χ2v) is 9.68. The fourth-order valence-corrected chi connectivity index (χ4v) is 4.52. The van der Waals surface area contributed by atoms with Crippen molar-refractivity contribution in [2.24, 2.45) is 0 Å². The molecule has 0 aromatic carbocycles. The quantitative estimate of drug-likeness (QED) is 0.784. The van der Waals surface area contributed by atoms with E-state index in [1.807, 2.05) is 0 Å². The average molecular weight is 323 g/mol. The highest BCUT2D eigenvalue weighted by atomic mass is 15.4. The number of piperidine rings is 1. The SMILES string of the molecule is CN1C2CC1CN(C(C)(C)CCN1CCN(C(C)(C)C)CC1)C2. The van der Waals surface area contributed by atoms with Crippen LogP contribution in [0.2, 0.25) is 0 Å². The van der Waals surface area contributed by atoms with Gasteiger partial charge in [-0.15, -0.1) is 0 Å². The molecule has 4 heterocycles. The number of hydrogen-bond donors (Lipinski definition) is 0. The molecule has 0 spiro atoms. The molecule has 4 fully saturated rings. The van der Waals surface area contributed by atoms with Gasteiger partial charge in [-0.25, -0.2) is 0 Å². The molecule has 2 atom stereocenters. The zero-order valence-electron chi connectivity index (χ0n) is 16.3. The molecule has 2 bridgehead atoms. The largest absolute Gasteiger partial charge is 0.301 e. The van der Waals surface area contributed by atoms with Gasteiger partial charge in [0.25, 0.3) is 0 Å². The first-order chi connectivity index (χ1) is 10.7. The lowest BCUT2D eigenvalue weighted by atomic mass is 9.84. The Kier molecular flexibility index (Phi) is 4.83. The van der Waals surface area contributed by atoms with Gasteiger partial charge in [0.05, 0.1) is 0 Å². The molecule has 4 nitrogen and oxygen atoms in total. The summed E-state index contributed by atoms with van der Waals surface area (Å²) in [6, 6.07) is 1.65. The Morgan fingerprint density at radius 1 is 0.826 bits per heavy atom. The number of hydrogen-bond acceptors (Lipinski definition) is 4. The third-order valence-electron chi connectivity index (χ3n) is 6.78. The Hall–Kier alpha value is -0.160. The van der Waals surface area contributed by atoms with Crippen molar-refractivity contribution < 1.29 is 0 Å². The van der Waals surface area contributed by atoms with E-state index in [-0.39, 0.29) is 0 Å². The molecule has 4 aliphatic rings. The molecule has 4 rings (SSSR count). The lowest BCUT2D eigenvalue weighted by Crippen LogP contribution is -2.70. The average Bonchev–Trinajstić information content (AvgIpc) is 2.52. The van der Waals surface area contributed by atoms with E-state index in [1.54, 1.807) is 0 Å². The van der Waals surface area contributed by atoms with Crippen molar-refractivity contribution in [3.8, 4) is 0 Å². The summed E-state index contributed by atoms with van der Waals surface area (Å²) >= 11 is 0. The molecule has 0 amide bonds. The molecule has 0 N–H and O–H groups in total. The monoisotopic (exact) mass is 322 g/mol. The predicted octanol–water partition coefficient (Wildman–Crippen LogP) is 1.96. The van der Waals surface area contributed by atoms with Crippen LogP contribution in [0.3, 0.4) is 0 Å². The van der Waals surface area contributed by atoms with E-state index in [2.05, 4.69) is 61.3 Å². The molecule has 0 aliphatic carbocycles. The van der Waals surface area contributed by atoms with Crippen LogP contribution in [-0.4, -0.2) is 95.6 Å². The van der Waals surface area contributed by atoms with Gasteiger partial charge < -0.3 is 4.90 Å². The van der Waals surface area contributed by atoms with Crippen LogP contribution in [0.4, 0.5) is 0 Å². The third kappa shape index (κ3) is 3.76. The van der Waals surface area contributed by atoms with Gasteiger partial charge in [0.1, 0.15) is 0 Å². The maximum atomic E-state index is 2.76. The molecule has 134 valence electrons. The molecular formula is C19H38N4. The second-order valence-electron chi connectivity index (χ2n) is 9.68. The summed E-state index contributed by atoms with van der Waals surface area (Å²) in [5.41, 5.74) is 0.672. The van der Waals surface area contributed by atoms with Crippen LogP contribution >= 0.6 is 0 Å². The first kappa shape index (κ1) is 17.7. The zero-order chi connectivity index (χ0) is 16.8. The molecule has 0 saturated carbocycles. The number of fused-ring (bicyclic) bond motifs is 2. The highest BCUT2D eigenvalue weighted by Gasteiger charge is 2.45. The van der Waals surface area contributed by atoms with Crippen molar-refractivity contribution in [2.75, 3.05) is 52.9 Å². The smallest absolute Gasteiger partial charge is 0.0239 e. The van der Waals surface area contributed by atoms with Crippen LogP contribution in [0.1, 0.15) is 47.5 Å². The minimum absolute atomic E-state index is 0.326. The normalized spacial score (nSPS) is 32.1. The summed E-state index contributed by atoms with van der Waals surface area (Å²) in [5, 5.41) is 0. The van der Waals surface area contributed by atoms with E-state index in [4.69, 9.17) is 0 Å². The number of piperazine rings is 2. The summed E-state index contributed by atoms with van der Waals surface area (Å²) in [6.07, 6.45) is 2.73. The summed E-state index contributed by atoms with van der Waals surface area (Å²) in [6.45, 7) is 20.7. The van der Waals surface area contributed by atoms with E-state index >= 15 is 0 Å². The molecule has 4 saturated heterocycles. The maximum Gasteiger partial charge on any atom is 0.0239 e.